The number of hydrogen-bond acceptors (Lipinski definition) is 5. The summed E-state index contributed by atoms with van der Waals surface area (Å²) in [5, 5.41) is 14.1. The number of carbonyl (C=O) groups is 1. The van der Waals surface area contributed by atoms with Crippen molar-refractivity contribution in [3.8, 4) is 0 Å². The summed E-state index contributed by atoms with van der Waals surface area (Å²) >= 11 is 1.22. The minimum absolute atomic E-state index is 0.0504. The van der Waals surface area contributed by atoms with Crippen molar-refractivity contribution in [1.29, 1.82) is 0 Å². The van der Waals surface area contributed by atoms with Crippen molar-refractivity contribution in [3.63, 3.8) is 0 Å². The second kappa shape index (κ2) is 4.57. The third-order valence-electron chi connectivity index (χ3n) is 3.98. The van der Waals surface area contributed by atoms with Gasteiger partial charge in [0, 0.05) is 32.2 Å². The molecule has 0 bridgehead atoms. The van der Waals surface area contributed by atoms with Gasteiger partial charge in [-0.1, -0.05) is 0 Å². The highest BCUT2D eigenvalue weighted by Crippen LogP contribution is 2.32. The summed E-state index contributed by atoms with van der Waals surface area (Å²) in [7, 11) is 0. The van der Waals surface area contributed by atoms with Crippen molar-refractivity contribution < 1.29 is 9.72 Å². The molecule has 19 heavy (non-hydrogen) atoms. The van der Waals surface area contributed by atoms with Crippen LogP contribution in [0, 0.1) is 28.9 Å². The van der Waals surface area contributed by atoms with Crippen LogP contribution >= 0.6 is 11.3 Å². The van der Waals surface area contributed by atoms with Gasteiger partial charge in [0.15, 0.2) is 0 Å². The number of hydrogen-bond donors (Lipinski definition) is 1. The maximum absolute atomic E-state index is 12.4. The molecule has 2 atom stereocenters. The predicted molar refractivity (Wildman–Crippen MR) is 71.5 cm³/mol. The molecule has 0 spiro atoms. The third-order valence-corrected chi connectivity index (χ3v) is 5.00. The molecule has 102 valence electrons. The van der Waals surface area contributed by atoms with Gasteiger partial charge in [0.1, 0.15) is 0 Å². The number of thiophene rings is 1. The fourth-order valence-corrected chi connectivity index (χ4v) is 3.89. The predicted octanol–water partition coefficient (Wildman–Crippen LogP) is 1.26. The lowest BCUT2D eigenvalue weighted by molar-refractivity contribution is -0.385. The zero-order valence-corrected chi connectivity index (χ0v) is 11.4. The molecule has 3 rings (SSSR count). The zero-order valence-electron chi connectivity index (χ0n) is 10.6. The highest BCUT2D eigenvalue weighted by Gasteiger charge is 2.39. The molecule has 3 heterocycles. The minimum Gasteiger partial charge on any atom is -0.337 e. The van der Waals surface area contributed by atoms with Crippen LogP contribution in [0.3, 0.4) is 0 Å². The van der Waals surface area contributed by atoms with Gasteiger partial charge in [0.25, 0.3) is 11.6 Å². The van der Waals surface area contributed by atoms with Crippen LogP contribution < -0.4 is 5.32 Å². The van der Waals surface area contributed by atoms with Gasteiger partial charge in [-0.2, -0.15) is 0 Å². The van der Waals surface area contributed by atoms with Crippen molar-refractivity contribution in [3.05, 3.63) is 25.9 Å². The molecule has 6 nitrogen and oxygen atoms in total. The van der Waals surface area contributed by atoms with Crippen LogP contribution in [0.2, 0.25) is 0 Å². The molecule has 2 aliphatic rings. The number of amides is 1. The van der Waals surface area contributed by atoms with E-state index in [0.717, 1.165) is 26.2 Å². The van der Waals surface area contributed by atoms with Gasteiger partial charge in [-0.15, -0.1) is 11.3 Å². The molecular weight excluding hydrogens is 266 g/mol. The van der Waals surface area contributed by atoms with Crippen molar-refractivity contribution in [2.45, 2.75) is 6.92 Å². The molecule has 2 saturated heterocycles. The first-order valence-electron chi connectivity index (χ1n) is 6.31. The van der Waals surface area contributed by atoms with Crippen LogP contribution in [-0.4, -0.2) is 41.9 Å². The Balaban J connectivity index is 1.77. The van der Waals surface area contributed by atoms with E-state index in [1.165, 1.54) is 17.4 Å². The molecule has 0 aromatic carbocycles. The highest BCUT2D eigenvalue weighted by atomic mass is 32.1. The molecule has 2 aliphatic heterocycles. The Labute approximate surface area is 114 Å². The van der Waals surface area contributed by atoms with E-state index in [9.17, 15) is 14.9 Å². The van der Waals surface area contributed by atoms with E-state index in [1.807, 2.05) is 4.90 Å². The smallest absolute Gasteiger partial charge is 0.283 e. The molecule has 1 amide bonds. The van der Waals surface area contributed by atoms with E-state index in [0.29, 0.717) is 21.6 Å². The molecule has 2 fully saturated rings. The number of carbonyl (C=O) groups excluding carboxylic acids is 1. The summed E-state index contributed by atoms with van der Waals surface area (Å²) in [6, 6.07) is 1.41. The average Bonchev–Trinajstić information content (AvgIpc) is 2.99. The van der Waals surface area contributed by atoms with Gasteiger partial charge >= 0.3 is 0 Å². The molecule has 0 saturated carbocycles. The fraction of sp³-hybridized carbons (Fsp3) is 0.583. The van der Waals surface area contributed by atoms with Crippen molar-refractivity contribution in [1.82, 2.24) is 10.2 Å². The number of fused-ring (bicyclic) bond motifs is 1. The monoisotopic (exact) mass is 281 g/mol. The summed E-state index contributed by atoms with van der Waals surface area (Å²) in [6.45, 7) is 5.15. The van der Waals surface area contributed by atoms with Crippen LogP contribution in [0.4, 0.5) is 5.69 Å². The van der Waals surface area contributed by atoms with Crippen LogP contribution in [0.25, 0.3) is 0 Å². The van der Waals surface area contributed by atoms with E-state index in [2.05, 4.69) is 5.32 Å². The summed E-state index contributed by atoms with van der Waals surface area (Å²) in [5.41, 5.74) is 0.0504. The molecular formula is C12H15N3O3S. The summed E-state index contributed by atoms with van der Waals surface area (Å²) in [6.07, 6.45) is 0. The lowest BCUT2D eigenvalue weighted by Crippen LogP contribution is -2.31. The Bertz CT molecular complexity index is 530. The number of likely N-dealkylation sites (tertiary alicyclic amines) is 1. The quantitative estimate of drug-likeness (QED) is 0.654. The zero-order chi connectivity index (χ0) is 13.6. The topological polar surface area (TPSA) is 75.5 Å². The van der Waals surface area contributed by atoms with E-state index >= 15 is 0 Å². The van der Waals surface area contributed by atoms with Crippen LogP contribution in [-0.2, 0) is 0 Å². The van der Waals surface area contributed by atoms with Gasteiger partial charge in [0.05, 0.1) is 14.7 Å². The number of rotatable bonds is 2. The fourth-order valence-electron chi connectivity index (χ4n) is 2.94. The first kappa shape index (κ1) is 12.6. The number of nitro groups is 1. The summed E-state index contributed by atoms with van der Waals surface area (Å²) < 4.78 is 0. The van der Waals surface area contributed by atoms with E-state index < -0.39 is 4.92 Å². The molecule has 1 aromatic heterocycles. The first-order valence-corrected chi connectivity index (χ1v) is 7.12. The Hall–Kier alpha value is -1.47. The minimum atomic E-state index is -0.425. The maximum Gasteiger partial charge on any atom is 0.283 e. The molecule has 0 radical (unpaired) electrons. The van der Waals surface area contributed by atoms with E-state index in [-0.39, 0.29) is 11.6 Å². The highest BCUT2D eigenvalue weighted by molar-refractivity contribution is 7.14. The lowest BCUT2D eigenvalue weighted by Gasteiger charge is -2.16. The van der Waals surface area contributed by atoms with E-state index in [1.54, 1.807) is 6.92 Å². The Kier molecular flexibility index (Phi) is 3.02. The van der Waals surface area contributed by atoms with Crippen molar-refractivity contribution in [2.24, 2.45) is 11.8 Å². The van der Waals surface area contributed by atoms with Crippen LogP contribution in [0.5, 0.6) is 0 Å². The number of nitrogens with one attached hydrogen (secondary N) is 1. The van der Waals surface area contributed by atoms with Crippen LogP contribution in [0.15, 0.2) is 6.07 Å². The second-order valence-corrected chi connectivity index (χ2v) is 6.45. The van der Waals surface area contributed by atoms with Gasteiger partial charge in [-0.25, -0.2) is 0 Å². The second-order valence-electron chi connectivity index (χ2n) is 5.20. The average molecular weight is 281 g/mol. The Morgan fingerprint density at radius 1 is 1.47 bits per heavy atom. The van der Waals surface area contributed by atoms with Gasteiger partial charge in [-0.05, 0) is 18.8 Å². The van der Waals surface area contributed by atoms with Gasteiger partial charge < -0.3 is 10.2 Å². The third kappa shape index (κ3) is 2.12. The number of nitrogens with zero attached hydrogens (tertiary/aromatic N) is 2. The first-order chi connectivity index (χ1) is 9.06. The van der Waals surface area contributed by atoms with Crippen molar-refractivity contribution in [2.75, 3.05) is 26.2 Å². The largest absolute Gasteiger partial charge is 0.337 e. The number of aryl methyl sites for hydroxylation is 1. The SMILES string of the molecule is Cc1sc(C(=O)N2C[C@H]3CNC[C@H]3C2)cc1[N+](=O)[O-]. The summed E-state index contributed by atoms with van der Waals surface area (Å²) in [5.74, 6) is 1.02. The normalized spacial score (nSPS) is 25.6. The van der Waals surface area contributed by atoms with Crippen molar-refractivity contribution >= 4 is 22.9 Å². The molecule has 1 aromatic rings. The van der Waals surface area contributed by atoms with Crippen LogP contribution in [0.1, 0.15) is 14.5 Å². The Morgan fingerprint density at radius 2 is 2.11 bits per heavy atom. The molecule has 0 aliphatic carbocycles. The standard InChI is InChI=1S/C12H15N3O3S/c1-7-10(15(17)18)2-11(19-7)12(16)14-5-8-3-13-4-9(8)6-14/h2,8-9,13H,3-6H2,1H3/t8-,9+. The summed E-state index contributed by atoms with van der Waals surface area (Å²) in [4.78, 5) is 25.7. The van der Waals surface area contributed by atoms with E-state index in [4.69, 9.17) is 0 Å². The van der Waals surface area contributed by atoms with Gasteiger partial charge in [-0.3, -0.25) is 14.9 Å². The lowest BCUT2D eigenvalue weighted by atomic mass is 10.0. The maximum atomic E-state index is 12.4. The molecule has 7 heteroatoms. The van der Waals surface area contributed by atoms with Gasteiger partial charge in [0.2, 0.25) is 0 Å². The molecule has 0 unspecified atom stereocenters. The Morgan fingerprint density at radius 3 is 2.63 bits per heavy atom. The molecule has 1 N–H and O–H groups in total.